The number of hydrogen-bond donors (Lipinski definition) is 1. The molecule has 3 nitrogen and oxygen atoms in total. The molecule has 0 radical (unpaired) electrons. The largest absolute Gasteiger partial charge is 0.330 e. The van der Waals surface area contributed by atoms with Gasteiger partial charge in [0, 0.05) is 0 Å². The standard InChI is InChI=1S/C9H17NO2/c1-8(12)9(7-11)5-3-2-4-6-10/h7,9H,2-6,10H2,1H3. The number of ketones is 1. The summed E-state index contributed by atoms with van der Waals surface area (Å²) in [4.78, 5) is 21.1. The number of hydrogen-bond acceptors (Lipinski definition) is 3. The third-order valence-electron chi connectivity index (χ3n) is 1.91. The number of rotatable bonds is 7. The zero-order valence-electron chi connectivity index (χ0n) is 7.58. The molecule has 0 amide bonds. The quantitative estimate of drug-likeness (QED) is 0.352. The van der Waals surface area contributed by atoms with Gasteiger partial charge in [0.2, 0.25) is 0 Å². The minimum Gasteiger partial charge on any atom is -0.330 e. The van der Waals surface area contributed by atoms with Crippen LogP contribution < -0.4 is 5.73 Å². The van der Waals surface area contributed by atoms with Gasteiger partial charge in [-0.3, -0.25) is 4.79 Å². The highest BCUT2D eigenvalue weighted by Gasteiger charge is 2.11. The molecule has 0 saturated carbocycles. The van der Waals surface area contributed by atoms with Gasteiger partial charge in [-0.25, -0.2) is 0 Å². The molecule has 0 bridgehead atoms. The molecular formula is C9H17NO2. The highest BCUT2D eigenvalue weighted by atomic mass is 16.1. The number of Topliss-reactive ketones (excluding diaryl/α,β-unsaturated/α-hetero) is 1. The van der Waals surface area contributed by atoms with Crippen LogP contribution in [-0.4, -0.2) is 18.6 Å². The van der Waals surface area contributed by atoms with Crippen molar-refractivity contribution in [3.8, 4) is 0 Å². The fourth-order valence-corrected chi connectivity index (χ4v) is 1.05. The molecule has 2 N–H and O–H groups in total. The maximum absolute atomic E-state index is 10.8. The van der Waals surface area contributed by atoms with Crippen molar-refractivity contribution in [2.24, 2.45) is 11.7 Å². The van der Waals surface area contributed by atoms with Crippen molar-refractivity contribution in [2.75, 3.05) is 6.54 Å². The molecule has 0 aliphatic rings. The lowest BCUT2D eigenvalue weighted by molar-refractivity contribution is -0.125. The molecule has 0 aromatic heterocycles. The summed E-state index contributed by atoms with van der Waals surface area (Å²) in [5.41, 5.74) is 5.30. The normalized spacial score (nSPS) is 12.5. The summed E-state index contributed by atoms with van der Waals surface area (Å²) in [6.45, 7) is 2.15. The van der Waals surface area contributed by atoms with Gasteiger partial charge in [-0.1, -0.05) is 12.8 Å². The van der Waals surface area contributed by atoms with Crippen molar-refractivity contribution in [3.05, 3.63) is 0 Å². The molecule has 0 spiro atoms. The summed E-state index contributed by atoms with van der Waals surface area (Å²) in [5, 5.41) is 0. The molecule has 12 heavy (non-hydrogen) atoms. The molecule has 0 rings (SSSR count). The smallest absolute Gasteiger partial charge is 0.139 e. The Morgan fingerprint density at radius 2 is 2.08 bits per heavy atom. The second-order valence-electron chi connectivity index (χ2n) is 2.99. The van der Waals surface area contributed by atoms with E-state index in [0.717, 1.165) is 25.5 Å². The van der Waals surface area contributed by atoms with E-state index < -0.39 is 0 Å². The monoisotopic (exact) mass is 171 g/mol. The number of nitrogens with two attached hydrogens (primary N) is 1. The van der Waals surface area contributed by atoms with Crippen molar-refractivity contribution >= 4 is 12.1 Å². The lowest BCUT2D eigenvalue weighted by atomic mass is 9.99. The minimum absolute atomic E-state index is 0.0299. The van der Waals surface area contributed by atoms with Crippen LogP contribution in [0.5, 0.6) is 0 Å². The van der Waals surface area contributed by atoms with Gasteiger partial charge >= 0.3 is 0 Å². The third kappa shape index (κ3) is 5.02. The van der Waals surface area contributed by atoms with Crippen LogP contribution in [0.3, 0.4) is 0 Å². The van der Waals surface area contributed by atoms with Gasteiger partial charge in [-0.05, 0) is 26.3 Å². The number of aldehydes is 1. The van der Waals surface area contributed by atoms with Crippen molar-refractivity contribution in [1.82, 2.24) is 0 Å². The Labute approximate surface area is 73.3 Å². The van der Waals surface area contributed by atoms with Crippen LogP contribution in [0.25, 0.3) is 0 Å². The van der Waals surface area contributed by atoms with Crippen LogP contribution in [0.4, 0.5) is 0 Å². The van der Waals surface area contributed by atoms with E-state index in [-0.39, 0.29) is 11.7 Å². The Kier molecular flexibility index (Phi) is 6.57. The molecule has 1 unspecified atom stereocenters. The molecule has 70 valence electrons. The Hall–Kier alpha value is -0.700. The first-order valence-corrected chi connectivity index (χ1v) is 4.38. The van der Waals surface area contributed by atoms with Crippen LogP contribution in [-0.2, 0) is 9.59 Å². The maximum atomic E-state index is 10.8. The predicted octanol–water partition coefficient (Wildman–Crippen LogP) is 0.910. The topological polar surface area (TPSA) is 60.2 Å². The summed E-state index contributed by atoms with van der Waals surface area (Å²) >= 11 is 0. The molecule has 0 aromatic carbocycles. The average Bonchev–Trinajstić information content (AvgIpc) is 2.04. The first kappa shape index (κ1) is 11.3. The first-order chi connectivity index (χ1) is 5.72. The van der Waals surface area contributed by atoms with Gasteiger partial charge in [0.05, 0.1) is 5.92 Å². The van der Waals surface area contributed by atoms with Crippen LogP contribution in [0, 0.1) is 5.92 Å². The molecule has 3 heteroatoms. The van der Waals surface area contributed by atoms with Gasteiger partial charge in [0.25, 0.3) is 0 Å². The lowest BCUT2D eigenvalue weighted by Crippen LogP contribution is -2.12. The second kappa shape index (κ2) is 6.98. The third-order valence-corrected chi connectivity index (χ3v) is 1.91. The van der Waals surface area contributed by atoms with E-state index in [1.807, 2.05) is 0 Å². The van der Waals surface area contributed by atoms with Gasteiger partial charge in [0.1, 0.15) is 12.1 Å². The minimum atomic E-state index is -0.386. The van der Waals surface area contributed by atoms with Crippen molar-refractivity contribution < 1.29 is 9.59 Å². The zero-order valence-corrected chi connectivity index (χ0v) is 7.58. The first-order valence-electron chi connectivity index (χ1n) is 4.38. The van der Waals surface area contributed by atoms with E-state index in [4.69, 9.17) is 5.73 Å². The van der Waals surface area contributed by atoms with Gasteiger partial charge in [-0.2, -0.15) is 0 Å². The Morgan fingerprint density at radius 1 is 1.42 bits per heavy atom. The Morgan fingerprint density at radius 3 is 2.50 bits per heavy atom. The molecule has 0 aliphatic carbocycles. The maximum Gasteiger partial charge on any atom is 0.139 e. The van der Waals surface area contributed by atoms with Crippen LogP contribution in [0.15, 0.2) is 0 Å². The highest BCUT2D eigenvalue weighted by molar-refractivity contribution is 5.91. The molecule has 0 heterocycles. The fraction of sp³-hybridized carbons (Fsp3) is 0.778. The number of carbonyl (C=O) groups excluding carboxylic acids is 2. The van der Waals surface area contributed by atoms with Gasteiger partial charge in [0.15, 0.2) is 0 Å². The van der Waals surface area contributed by atoms with E-state index >= 15 is 0 Å². The molecule has 1 atom stereocenters. The van der Waals surface area contributed by atoms with Crippen molar-refractivity contribution in [1.29, 1.82) is 0 Å². The van der Waals surface area contributed by atoms with E-state index in [1.54, 1.807) is 0 Å². The van der Waals surface area contributed by atoms with Crippen molar-refractivity contribution in [2.45, 2.75) is 32.6 Å². The molecule has 0 aliphatic heterocycles. The fourth-order valence-electron chi connectivity index (χ4n) is 1.05. The summed E-state index contributed by atoms with van der Waals surface area (Å²) in [6, 6.07) is 0. The van der Waals surface area contributed by atoms with E-state index in [0.29, 0.717) is 13.0 Å². The summed E-state index contributed by atoms with van der Waals surface area (Å²) < 4.78 is 0. The highest BCUT2D eigenvalue weighted by Crippen LogP contribution is 2.08. The van der Waals surface area contributed by atoms with E-state index in [1.165, 1.54) is 6.92 Å². The van der Waals surface area contributed by atoms with E-state index in [9.17, 15) is 9.59 Å². The van der Waals surface area contributed by atoms with E-state index in [2.05, 4.69) is 0 Å². The Bertz CT molecular complexity index is 145. The summed E-state index contributed by atoms with van der Waals surface area (Å²) in [6.07, 6.45) is 4.32. The molecule has 0 aromatic rings. The SMILES string of the molecule is CC(=O)C(C=O)CCCCCN. The van der Waals surface area contributed by atoms with Crippen LogP contribution in [0.1, 0.15) is 32.6 Å². The van der Waals surface area contributed by atoms with Gasteiger partial charge in [-0.15, -0.1) is 0 Å². The molecule has 0 saturated heterocycles. The van der Waals surface area contributed by atoms with Crippen molar-refractivity contribution in [3.63, 3.8) is 0 Å². The predicted molar refractivity (Wildman–Crippen MR) is 47.8 cm³/mol. The summed E-state index contributed by atoms with van der Waals surface area (Å²) in [5.74, 6) is -0.416. The average molecular weight is 171 g/mol. The molecular weight excluding hydrogens is 154 g/mol. The Balaban J connectivity index is 3.45. The lowest BCUT2D eigenvalue weighted by Gasteiger charge is -2.04. The van der Waals surface area contributed by atoms with Crippen LogP contribution >= 0.6 is 0 Å². The second-order valence-corrected chi connectivity index (χ2v) is 2.99. The number of unbranched alkanes of at least 4 members (excludes halogenated alkanes) is 2. The van der Waals surface area contributed by atoms with Crippen LogP contribution in [0.2, 0.25) is 0 Å². The molecule has 0 fully saturated rings. The zero-order chi connectivity index (χ0) is 9.40. The number of carbonyl (C=O) groups is 2. The van der Waals surface area contributed by atoms with Gasteiger partial charge < -0.3 is 10.5 Å². The summed E-state index contributed by atoms with van der Waals surface area (Å²) in [7, 11) is 0.